The first kappa shape index (κ1) is 12.6. The first-order chi connectivity index (χ1) is 7.45. The van der Waals surface area contributed by atoms with Gasteiger partial charge in [0.05, 0.1) is 4.90 Å². The second-order valence-electron chi connectivity index (χ2n) is 3.36. The van der Waals surface area contributed by atoms with Crippen molar-refractivity contribution in [3.63, 3.8) is 0 Å². The number of carbonyl (C=O) groups is 1. The highest BCUT2D eigenvalue weighted by atomic mass is 32.2. The molecule has 0 aliphatic rings. The maximum Gasteiger partial charge on any atom is 0.198 e. The Morgan fingerprint density at radius 1 is 1.25 bits per heavy atom. The first-order valence-corrected chi connectivity index (χ1v) is 6.52. The van der Waals surface area contributed by atoms with Crippen LogP contribution < -0.4 is 0 Å². The minimum Gasteiger partial charge on any atom is -0.294 e. The monoisotopic (exact) mass is 239 g/mol. The quantitative estimate of drug-likeness (QED) is 0.723. The second-order valence-corrected chi connectivity index (χ2v) is 5.38. The van der Waals surface area contributed by atoms with Gasteiger partial charge in [-0.15, -0.1) is 0 Å². The number of Topliss-reactive ketones (excluding diaryl/α,β-unsaturated/α-hetero) is 1. The predicted molar refractivity (Wildman–Crippen MR) is 58.8 cm³/mol. The fraction of sp³-hybridized carbons (Fsp3) is 0.273. The summed E-state index contributed by atoms with van der Waals surface area (Å²) in [5.41, 5.74) is 0.405. The Hall–Kier alpha value is -1.49. The lowest BCUT2D eigenvalue weighted by molar-refractivity contribution is 0.0984. The van der Waals surface area contributed by atoms with E-state index >= 15 is 0 Å². The number of carbonyl (C=O) groups excluding carboxylic acids is 2. The topological polar surface area (TPSA) is 68.3 Å². The van der Waals surface area contributed by atoms with E-state index in [9.17, 15) is 18.0 Å². The molecule has 0 N–H and O–H groups in total. The van der Waals surface area contributed by atoms with Crippen LogP contribution in [0.1, 0.15) is 23.2 Å². The lowest BCUT2D eigenvalue weighted by Crippen LogP contribution is -2.01. The van der Waals surface area contributed by atoms with Gasteiger partial charge in [0.15, 0.2) is 21.9 Å². The zero-order valence-corrected chi connectivity index (χ0v) is 9.58. The molecule has 0 aromatic heterocycles. The van der Waals surface area contributed by atoms with Crippen molar-refractivity contribution in [1.82, 2.24) is 0 Å². The summed E-state index contributed by atoms with van der Waals surface area (Å²) in [5.74, 6) is -0.191. The number of rotatable bonds is 5. The van der Waals surface area contributed by atoms with Crippen molar-refractivity contribution in [2.24, 2.45) is 0 Å². The van der Waals surface area contributed by atoms with E-state index in [0.717, 1.165) is 6.26 Å². The molecule has 0 saturated carbocycles. The molecule has 0 unspecified atom stereocenters. The molecular weight excluding hydrogens is 228 g/mol. The minimum absolute atomic E-state index is 0.0622. The second kappa shape index (κ2) is 5.03. The van der Waals surface area contributed by atoms with Gasteiger partial charge in [0, 0.05) is 24.7 Å². The standard InChI is InChI=1S/C11H11O4S/c1-16(14,15)10-6-4-9(5-7-10)11(13)3-2-8-12/h4-7H,2-3H2,1H3. The van der Waals surface area contributed by atoms with Crippen LogP contribution in [0, 0.1) is 0 Å². The Bertz CT molecular complexity index is 485. The highest BCUT2D eigenvalue weighted by Crippen LogP contribution is 2.12. The summed E-state index contributed by atoms with van der Waals surface area (Å²) in [4.78, 5) is 21.6. The van der Waals surface area contributed by atoms with Gasteiger partial charge in [-0.25, -0.2) is 8.42 Å². The van der Waals surface area contributed by atoms with Crippen molar-refractivity contribution in [2.45, 2.75) is 17.7 Å². The van der Waals surface area contributed by atoms with Crippen LogP contribution in [0.4, 0.5) is 0 Å². The average molecular weight is 239 g/mol. The summed E-state index contributed by atoms with van der Waals surface area (Å²) in [6.07, 6.45) is 2.90. The van der Waals surface area contributed by atoms with Crippen LogP contribution in [0.2, 0.25) is 0 Å². The van der Waals surface area contributed by atoms with Crippen molar-refractivity contribution in [3.05, 3.63) is 29.8 Å². The Balaban J connectivity index is 2.87. The Morgan fingerprint density at radius 3 is 2.25 bits per heavy atom. The molecular formula is C11H11O4S. The van der Waals surface area contributed by atoms with Crippen molar-refractivity contribution in [3.8, 4) is 0 Å². The molecule has 1 radical (unpaired) electrons. The molecule has 0 atom stereocenters. The van der Waals surface area contributed by atoms with Gasteiger partial charge in [0.1, 0.15) is 0 Å². The predicted octanol–water partition coefficient (Wildman–Crippen LogP) is 1.16. The SMILES string of the molecule is CS(=O)(=O)c1ccc(C(=O)CC[C]=O)cc1. The molecule has 0 fully saturated rings. The van der Waals surface area contributed by atoms with Gasteiger partial charge in [-0.1, -0.05) is 12.1 Å². The van der Waals surface area contributed by atoms with Gasteiger partial charge in [-0.2, -0.15) is 0 Å². The van der Waals surface area contributed by atoms with Gasteiger partial charge in [-0.3, -0.25) is 9.59 Å². The maximum atomic E-state index is 11.4. The van der Waals surface area contributed by atoms with Gasteiger partial charge < -0.3 is 0 Å². The third-order valence-corrected chi connectivity index (χ3v) is 3.19. The molecule has 1 aromatic rings. The fourth-order valence-electron chi connectivity index (χ4n) is 1.20. The molecule has 0 aliphatic carbocycles. The van der Waals surface area contributed by atoms with Crippen LogP contribution in [-0.2, 0) is 14.6 Å². The fourth-order valence-corrected chi connectivity index (χ4v) is 1.83. The number of hydrogen-bond donors (Lipinski definition) is 0. The molecule has 1 rings (SSSR count). The average Bonchev–Trinajstić information content (AvgIpc) is 2.25. The van der Waals surface area contributed by atoms with Crippen LogP contribution in [-0.4, -0.2) is 26.7 Å². The van der Waals surface area contributed by atoms with Crippen LogP contribution in [0.5, 0.6) is 0 Å². The van der Waals surface area contributed by atoms with Crippen molar-refractivity contribution in [2.75, 3.05) is 6.26 Å². The van der Waals surface area contributed by atoms with Crippen molar-refractivity contribution < 1.29 is 18.0 Å². The molecule has 16 heavy (non-hydrogen) atoms. The molecule has 5 heteroatoms. The van der Waals surface area contributed by atoms with E-state index in [0.29, 0.717) is 5.56 Å². The molecule has 0 amide bonds. The summed E-state index contributed by atoms with van der Waals surface area (Å²) in [7, 11) is -3.24. The minimum atomic E-state index is -3.24. The third-order valence-electron chi connectivity index (χ3n) is 2.06. The number of sulfone groups is 1. The van der Waals surface area contributed by atoms with Gasteiger partial charge in [0.2, 0.25) is 0 Å². The summed E-state index contributed by atoms with van der Waals surface area (Å²) >= 11 is 0. The van der Waals surface area contributed by atoms with E-state index in [1.54, 1.807) is 6.29 Å². The zero-order chi connectivity index (χ0) is 12.2. The third kappa shape index (κ3) is 3.27. The molecule has 4 nitrogen and oxygen atoms in total. The molecule has 0 spiro atoms. The first-order valence-electron chi connectivity index (χ1n) is 4.63. The van der Waals surface area contributed by atoms with Crippen LogP contribution in [0.25, 0.3) is 0 Å². The summed E-state index contributed by atoms with van der Waals surface area (Å²) in [5, 5.41) is 0. The van der Waals surface area contributed by atoms with Crippen LogP contribution in [0.3, 0.4) is 0 Å². The lowest BCUT2D eigenvalue weighted by atomic mass is 10.1. The highest BCUT2D eigenvalue weighted by molar-refractivity contribution is 7.90. The van der Waals surface area contributed by atoms with Crippen LogP contribution in [0.15, 0.2) is 29.2 Å². The largest absolute Gasteiger partial charge is 0.294 e. The number of hydrogen-bond acceptors (Lipinski definition) is 4. The maximum absolute atomic E-state index is 11.4. The molecule has 0 aliphatic heterocycles. The molecule has 0 bridgehead atoms. The Labute approximate surface area is 94.2 Å². The molecule has 1 aromatic carbocycles. The van der Waals surface area contributed by atoms with E-state index in [2.05, 4.69) is 0 Å². The van der Waals surface area contributed by atoms with Gasteiger partial charge in [0.25, 0.3) is 0 Å². The smallest absolute Gasteiger partial charge is 0.198 e. The van der Waals surface area contributed by atoms with Crippen LogP contribution >= 0.6 is 0 Å². The lowest BCUT2D eigenvalue weighted by Gasteiger charge is -2.00. The molecule has 0 saturated heterocycles. The number of benzene rings is 1. The van der Waals surface area contributed by atoms with Gasteiger partial charge in [-0.05, 0) is 12.1 Å². The summed E-state index contributed by atoms with van der Waals surface area (Å²) in [6, 6.07) is 5.66. The zero-order valence-electron chi connectivity index (χ0n) is 8.76. The van der Waals surface area contributed by atoms with E-state index in [-0.39, 0.29) is 23.5 Å². The summed E-state index contributed by atoms with van der Waals surface area (Å²) < 4.78 is 22.3. The van der Waals surface area contributed by atoms with Crippen molar-refractivity contribution >= 4 is 21.9 Å². The van der Waals surface area contributed by atoms with E-state index in [1.165, 1.54) is 24.3 Å². The van der Waals surface area contributed by atoms with E-state index in [1.807, 2.05) is 0 Å². The normalized spacial score (nSPS) is 11.1. The van der Waals surface area contributed by atoms with Gasteiger partial charge >= 0.3 is 0 Å². The van der Waals surface area contributed by atoms with Crippen molar-refractivity contribution in [1.29, 1.82) is 0 Å². The van der Waals surface area contributed by atoms with E-state index < -0.39 is 9.84 Å². The van der Waals surface area contributed by atoms with E-state index in [4.69, 9.17) is 0 Å². The molecule has 0 heterocycles. The number of ketones is 1. The Morgan fingerprint density at radius 2 is 1.81 bits per heavy atom. The summed E-state index contributed by atoms with van der Waals surface area (Å²) in [6.45, 7) is 0. The molecule has 85 valence electrons. The Kier molecular flexibility index (Phi) is 3.95. The highest BCUT2D eigenvalue weighted by Gasteiger charge is 2.09.